The Hall–Kier alpha value is -0.920. The number of para-hydroxylation sites is 1. The third-order valence-electron chi connectivity index (χ3n) is 2.46. The van der Waals surface area contributed by atoms with Crippen molar-refractivity contribution >= 4 is 33.2 Å². The van der Waals surface area contributed by atoms with Gasteiger partial charge in [-0.15, -0.1) is 0 Å². The molecule has 7 heteroatoms. The minimum Gasteiger partial charge on any atom is -0.396 e. The van der Waals surface area contributed by atoms with Gasteiger partial charge in [-0.3, -0.25) is 0 Å². The Morgan fingerprint density at radius 2 is 2.06 bits per heavy atom. The predicted molar refractivity (Wildman–Crippen MR) is 78.3 cm³/mol. The molecule has 0 saturated carbocycles. The molecule has 102 valence electrons. The van der Waals surface area contributed by atoms with Crippen LogP contribution in [0, 0.1) is 0 Å². The molecule has 0 heterocycles. The second-order valence-electron chi connectivity index (χ2n) is 3.89. The molecule has 1 rings (SSSR count). The van der Waals surface area contributed by atoms with Gasteiger partial charge in [0.1, 0.15) is 4.90 Å². The number of primary sulfonamides is 1. The van der Waals surface area contributed by atoms with Gasteiger partial charge in [0.2, 0.25) is 10.0 Å². The third kappa shape index (κ3) is 4.40. The van der Waals surface area contributed by atoms with Crippen molar-refractivity contribution in [2.24, 2.45) is 5.14 Å². The van der Waals surface area contributed by atoms with Gasteiger partial charge in [0.05, 0.1) is 11.4 Å². The summed E-state index contributed by atoms with van der Waals surface area (Å²) in [6.07, 6.45) is 4.20. The summed E-state index contributed by atoms with van der Waals surface area (Å²) in [5.41, 5.74) is 6.59. The first-order valence-electron chi connectivity index (χ1n) is 5.61. The smallest absolute Gasteiger partial charge is 0.240 e. The van der Waals surface area contributed by atoms with E-state index in [0.29, 0.717) is 5.69 Å². The molecule has 18 heavy (non-hydrogen) atoms. The molecule has 0 atom stereocenters. The van der Waals surface area contributed by atoms with Crippen LogP contribution >= 0.6 is 11.8 Å². The van der Waals surface area contributed by atoms with E-state index in [1.807, 2.05) is 11.8 Å². The van der Waals surface area contributed by atoms with E-state index < -0.39 is 10.0 Å². The minimum atomic E-state index is -3.76. The fraction of sp³-hybridized carbons (Fsp3) is 0.455. The monoisotopic (exact) mass is 289 g/mol. The van der Waals surface area contributed by atoms with E-state index in [-0.39, 0.29) is 10.6 Å². The maximum Gasteiger partial charge on any atom is 0.240 e. The van der Waals surface area contributed by atoms with E-state index in [2.05, 4.69) is 11.6 Å². The summed E-state index contributed by atoms with van der Waals surface area (Å²) in [6, 6.07) is 4.78. The zero-order valence-electron chi connectivity index (χ0n) is 10.3. The SMILES string of the molecule is CSCCCCNc1cccc(S(N)(=O)=O)c1N. The van der Waals surface area contributed by atoms with Gasteiger partial charge in [-0.2, -0.15) is 11.8 Å². The molecule has 0 aliphatic carbocycles. The Balaban J connectivity index is 2.67. The van der Waals surface area contributed by atoms with Gasteiger partial charge in [0.25, 0.3) is 0 Å². The molecule has 1 aromatic rings. The molecule has 0 aromatic heterocycles. The summed E-state index contributed by atoms with van der Waals surface area (Å²) >= 11 is 1.81. The van der Waals surface area contributed by atoms with Gasteiger partial charge in [0.15, 0.2) is 0 Å². The summed E-state index contributed by atoms with van der Waals surface area (Å²) in [7, 11) is -3.76. The standard InChI is InChI=1S/C11H19N3O2S2/c1-17-8-3-2-7-14-9-5-4-6-10(11(9)12)18(13,15)16/h4-6,14H,2-3,7-8,12H2,1H3,(H2,13,15,16). The zero-order valence-corrected chi connectivity index (χ0v) is 12.0. The third-order valence-corrected chi connectivity index (χ3v) is 4.13. The number of hydrogen-bond donors (Lipinski definition) is 3. The predicted octanol–water partition coefficient (Wildman–Crippen LogP) is 1.47. The summed E-state index contributed by atoms with van der Waals surface area (Å²) in [4.78, 5) is -0.0309. The average Bonchev–Trinajstić information content (AvgIpc) is 2.29. The van der Waals surface area contributed by atoms with E-state index in [4.69, 9.17) is 10.9 Å². The number of benzene rings is 1. The Morgan fingerprint density at radius 3 is 2.67 bits per heavy atom. The van der Waals surface area contributed by atoms with Crippen molar-refractivity contribution in [1.29, 1.82) is 0 Å². The first kappa shape index (κ1) is 15.1. The molecule has 0 fully saturated rings. The fourth-order valence-electron chi connectivity index (χ4n) is 1.54. The first-order valence-corrected chi connectivity index (χ1v) is 8.55. The van der Waals surface area contributed by atoms with Gasteiger partial charge in [-0.25, -0.2) is 13.6 Å². The Bertz CT molecular complexity index is 489. The maximum absolute atomic E-state index is 11.3. The quantitative estimate of drug-likeness (QED) is 0.521. The Labute approximate surface area is 112 Å². The van der Waals surface area contributed by atoms with Gasteiger partial charge >= 0.3 is 0 Å². The summed E-state index contributed by atoms with van der Waals surface area (Å²) in [6.45, 7) is 0.763. The molecule has 1 aromatic carbocycles. The molecule has 0 bridgehead atoms. The van der Waals surface area contributed by atoms with E-state index in [1.54, 1.807) is 12.1 Å². The second kappa shape index (κ2) is 6.86. The van der Waals surface area contributed by atoms with Crippen molar-refractivity contribution in [2.45, 2.75) is 17.7 Å². The van der Waals surface area contributed by atoms with Gasteiger partial charge in [0, 0.05) is 6.54 Å². The van der Waals surface area contributed by atoms with Crippen LogP contribution < -0.4 is 16.2 Å². The molecule has 5 nitrogen and oxygen atoms in total. The number of anilines is 2. The van der Waals surface area contributed by atoms with Crippen molar-refractivity contribution in [3.8, 4) is 0 Å². The number of rotatable bonds is 7. The van der Waals surface area contributed by atoms with Crippen LogP contribution in [0.2, 0.25) is 0 Å². The molecule has 0 aliphatic heterocycles. The van der Waals surface area contributed by atoms with Crippen LogP contribution in [-0.4, -0.2) is 27.0 Å². The molecule has 0 spiro atoms. The Kier molecular flexibility index (Phi) is 5.77. The molecule has 0 saturated heterocycles. The van der Waals surface area contributed by atoms with E-state index in [1.165, 1.54) is 6.07 Å². The highest BCUT2D eigenvalue weighted by Crippen LogP contribution is 2.25. The van der Waals surface area contributed by atoms with Crippen molar-refractivity contribution in [3.63, 3.8) is 0 Å². The molecule has 5 N–H and O–H groups in total. The largest absolute Gasteiger partial charge is 0.396 e. The molecule has 0 amide bonds. The van der Waals surface area contributed by atoms with Crippen molar-refractivity contribution < 1.29 is 8.42 Å². The number of hydrogen-bond acceptors (Lipinski definition) is 5. The normalized spacial score (nSPS) is 11.4. The van der Waals surface area contributed by atoms with Crippen LogP contribution in [0.25, 0.3) is 0 Å². The average molecular weight is 289 g/mol. The summed E-state index contributed by atoms with van der Waals surface area (Å²) < 4.78 is 22.6. The second-order valence-corrected chi connectivity index (χ2v) is 6.40. The molecule has 0 unspecified atom stereocenters. The lowest BCUT2D eigenvalue weighted by molar-refractivity contribution is 0.598. The number of nitrogens with two attached hydrogens (primary N) is 2. The van der Waals surface area contributed by atoms with Crippen LogP contribution in [0.3, 0.4) is 0 Å². The maximum atomic E-state index is 11.3. The molecular weight excluding hydrogens is 270 g/mol. The van der Waals surface area contributed by atoms with Crippen LogP contribution in [-0.2, 0) is 10.0 Å². The summed E-state index contributed by atoms with van der Waals surface area (Å²) in [5, 5.41) is 8.21. The molecule has 0 radical (unpaired) electrons. The number of sulfonamides is 1. The lowest BCUT2D eigenvalue weighted by Gasteiger charge is -2.11. The number of nitrogen functional groups attached to an aromatic ring is 1. The highest BCUT2D eigenvalue weighted by molar-refractivity contribution is 7.98. The highest BCUT2D eigenvalue weighted by atomic mass is 32.2. The lowest BCUT2D eigenvalue weighted by atomic mass is 10.2. The lowest BCUT2D eigenvalue weighted by Crippen LogP contribution is -2.15. The number of thioether (sulfide) groups is 1. The van der Waals surface area contributed by atoms with Crippen molar-refractivity contribution in [3.05, 3.63) is 18.2 Å². The number of nitrogens with one attached hydrogen (secondary N) is 1. The minimum absolute atomic E-state index is 0.0309. The first-order chi connectivity index (χ1) is 8.46. The zero-order chi connectivity index (χ0) is 13.6. The van der Waals surface area contributed by atoms with Crippen LogP contribution in [0.5, 0.6) is 0 Å². The van der Waals surface area contributed by atoms with E-state index >= 15 is 0 Å². The van der Waals surface area contributed by atoms with Crippen molar-refractivity contribution in [2.75, 3.05) is 29.6 Å². The van der Waals surface area contributed by atoms with Crippen LogP contribution in [0.1, 0.15) is 12.8 Å². The topological polar surface area (TPSA) is 98.2 Å². The van der Waals surface area contributed by atoms with Gasteiger partial charge in [-0.1, -0.05) is 6.07 Å². The molecule has 0 aliphatic rings. The Morgan fingerprint density at radius 1 is 1.33 bits per heavy atom. The summed E-state index contributed by atoms with van der Waals surface area (Å²) in [5.74, 6) is 1.12. The van der Waals surface area contributed by atoms with Crippen LogP contribution in [0.15, 0.2) is 23.1 Å². The highest BCUT2D eigenvalue weighted by Gasteiger charge is 2.14. The fourth-order valence-corrected chi connectivity index (χ4v) is 2.72. The number of unbranched alkanes of at least 4 members (excludes halogenated alkanes) is 1. The molecular formula is C11H19N3O2S2. The van der Waals surface area contributed by atoms with E-state index in [9.17, 15) is 8.42 Å². The van der Waals surface area contributed by atoms with Crippen LogP contribution in [0.4, 0.5) is 11.4 Å². The van der Waals surface area contributed by atoms with Gasteiger partial charge in [-0.05, 0) is 37.0 Å². The van der Waals surface area contributed by atoms with Gasteiger partial charge < -0.3 is 11.1 Å². The van der Waals surface area contributed by atoms with E-state index in [0.717, 1.165) is 25.1 Å². The van der Waals surface area contributed by atoms with Crippen molar-refractivity contribution in [1.82, 2.24) is 0 Å².